The quantitative estimate of drug-likeness (QED) is 0.712. The fourth-order valence-corrected chi connectivity index (χ4v) is 3.60. The van der Waals surface area contributed by atoms with Gasteiger partial charge in [0.25, 0.3) is 0 Å². The standard InChI is InChI=1S/C21H22N2O4/c1-15-13-22(14-19(26-15)16-7-3-2-4-8-16)20(24)11-12-23-17-9-5-6-10-18(17)27-21(23)25/h2-10,15,19H,11-14H2,1H3/t15-,19-/m0/s1. The number of benzene rings is 2. The Balaban J connectivity index is 1.46. The molecule has 2 aromatic carbocycles. The highest BCUT2D eigenvalue weighted by atomic mass is 16.5. The molecule has 0 radical (unpaired) electrons. The maximum atomic E-state index is 12.8. The Kier molecular flexibility index (Phi) is 4.81. The molecule has 6 nitrogen and oxygen atoms in total. The summed E-state index contributed by atoms with van der Waals surface area (Å²) in [5.74, 6) is -0.412. The summed E-state index contributed by atoms with van der Waals surface area (Å²) in [4.78, 5) is 26.7. The summed E-state index contributed by atoms with van der Waals surface area (Å²) < 4.78 is 12.8. The highest BCUT2D eigenvalue weighted by Gasteiger charge is 2.29. The zero-order valence-corrected chi connectivity index (χ0v) is 15.2. The summed E-state index contributed by atoms with van der Waals surface area (Å²) in [6.07, 6.45) is 0.0826. The van der Waals surface area contributed by atoms with Crippen molar-refractivity contribution in [1.82, 2.24) is 9.47 Å². The molecule has 1 aromatic heterocycles. The van der Waals surface area contributed by atoms with Crippen molar-refractivity contribution < 1.29 is 13.9 Å². The molecule has 0 saturated carbocycles. The van der Waals surface area contributed by atoms with E-state index in [1.165, 1.54) is 4.57 Å². The summed E-state index contributed by atoms with van der Waals surface area (Å²) in [5.41, 5.74) is 2.32. The van der Waals surface area contributed by atoms with E-state index < -0.39 is 5.76 Å². The van der Waals surface area contributed by atoms with Gasteiger partial charge in [0.2, 0.25) is 5.91 Å². The minimum atomic E-state index is -0.429. The number of aromatic nitrogens is 1. The number of hydrogen-bond acceptors (Lipinski definition) is 4. The Hall–Kier alpha value is -2.86. The predicted octanol–water partition coefficient (Wildman–Crippen LogP) is 2.97. The van der Waals surface area contributed by atoms with E-state index in [4.69, 9.17) is 9.15 Å². The first kappa shape index (κ1) is 17.5. The number of carbonyl (C=O) groups excluding carboxylic acids is 1. The van der Waals surface area contributed by atoms with Crippen molar-refractivity contribution in [3.63, 3.8) is 0 Å². The lowest BCUT2D eigenvalue weighted by Gasteiger charge is -2.37. The summed E-state index contributed by atoms with van der Waals surface area (Å²) >= 11 is 0. The molecule has 1 aliphatic heterocycles. The van der Waals surface area contributed by atoms with Gasteiger partial charge in [-0.05, 0) is 24.6 Å². The third-order valence-electron chi connectivity index (χ3n) is 4.91. The van der Waals surface area contributed by atoms with Crippen molar-refractivity contribution in [1.29, 1.82) is 0 Å². The van der Waals surface area contributed by atoms with Gasteiger partial charge < -0.3 is 14.1 Å². The van der Waals surface area contributed by atoms with Gasteiger partial charge in [0.15, 0.2) is 5.58 Å². The molecule has 0 aliphatic carbocycles. The summed E-state index contributed by atoms with van der Waals surface area (Å²) in [5, 5.41) is 0. The average molecular weight is 366 g/mol. The van der Waals surface area contributed by atoms with E-state index in [9.17, 15) is 9.59 Å². The number of aryl methyl sites for hydroxylation is 1. The molecule has 0 bridgehead atoms. The van der Waals surface area contributed by atoms with Crippen LogP contribution in [0.2, 0.25) is 0 Å². The van der Waals surface area contributed by atoms with Crippen molar-refractivity contribution in [2.75, 3.05) is 13.1 Å². The van der Waals surface area contributed by atoms with Gasteiger partial charge in [-0.1, -0.05) is 42.5 Å². The molecule has 0 unspecified atom stereocenters. The van der Waals surface area contributed by atoms with E-state index in [1.807, 2.05) is 60.4 Å². The third kappa shape index (κ3) is 3.66. The van der Waals surface area contributed by atoms with Crippen LogP contribution < -0.4 is 5.76 Å². The molecular weight excluding hydrogens is 344 g/mol. The highest BCUT2D eigenvalue weighted by molar-refractivity contribution is 5.77. The number of oxazole rings is 1. The second-order valence-corrected chi connectivity index (χ2v) is 6.88. The lowest BCUT2D eigenvalue weighted by Crippen LogP contribution is -2.46. The van der Waals surface area contributed by atoms with Gasteiger partial charge >= 0.3 is 5.76 Å². The van der Waals surface area contributed by atoms with Crippen molar-refractivity contribution in [2.45, 2.75) is 32.1 Å². The van der Waals surface area contributed by atoms with Gasteiger partial charge in [-0.2, -0.15) is 0 Å². The molecule has 0 spiro atoms. The maximum absolute atomic E-state index is 12.8. The van der Waals surface area contributed by atoms with Gasteiger partial charge in [-0.3, -0.25) is 9.36 Å². The van der Waals surface area contributed by atoms with E-state index in [0.29, 0.717) is 30.7 Å². The highest BCUT2D eigenvalue weighted by Crippen LogP contribution is 2.25. The number of nitrogens with zero attached hydrogens (tertiary/aromatic N) is 2. The molecule has 1 fully saturated rings. The van der Waals surface area contributed by atoms with Crippen LogP contribution in [0, 0.1) is 0 Å². The molecule has 3 aromatic rings. The molecule has 4 rings (SSSR count). The number of para-hydroxylation sites is 2. The SMILES string of the molecule is C[C@H]1CN(C(=O)CCn2c(=O)oc3ccccc32)C[C@@H](c2ccccc2)O1. The number of ether oxygens (including phenoxy) is 1. The van der Waals surface area contributed by atoms with Crippen molar-refractivity contribution in [3.05, 3.63) is 70.7 Å². The molecule has 6 heteroatoms. The lowest BCUT2D eigenvalue weighted by atomic mass is 10.1. The van der Waals surface area contributed by atoms with Gasteiger partial charge in [-0.25, -0.2) is 4.79 Å². The number of fused-ring (bicyclic) bond motifs is 1. The van der Waals surface area contributed by atoms with Crippen LogP contribution in [0.5, 0.6) is 0 Å². The Morgan fingerprint density at radius 1 is 1.07 bits per heavy atom. The molecule has 1 amide bonds. The Bertz CT molecular complexity index is 992. The molecule has 2 atom stereocenters. The first-order chi connectivity index (χ1) is 13.1. The average Bonchev–Trinajstić information content (AvgIpc) is 3.01. The second kappa shape index (κ2) is 7.40. The van der Waals surface area contributed by atoms with Gasteiger partial charge in [0.05, 0.1) is 18.2 Å². The normalized spacial score (nSPS) is 20.1. The summed E-state index contributed by atoms with van der Waals surface area (Å²) in [6.45, 7) is 3.36. The minimum Gasteiger partial charge on any atom is -0.408 e. The number of amides is 1. The summed E-state index contributed by atoms with van der Waals surface area (Å²) in [6, 6.07) is 17.2. The molecule has 140 valence electrons. The van der Waals surface area contributed by atoms with Crippen LogP contribution in [-0.4, -0.2) is 34.6 Å². The molecule has 1 saturated heterocycles. The molecule has 0 N–H and O–H groups in total. The number of carbonyl (C=O) groups is 1. The van der Waals surface area contributed by atoms with Crippen LogP contribution in [-0.2, 0) is 16.1 Å². The maximum Gasteiger partial charge on any atom is 0.419 e. The van der Waals surface area contributed by atoms with Crippen LogP contribution in [0.4, 0.5) is 0 Å². The first-order valence-corrected chi connectivity index (χ1v) is 9.18. The Morgan fingerprint density at radius 2 is 1.81 bits per heavy atom. The minimum absolute atomic E-state index is 0.0169. The monoisotopic (exact) mass is 366 g/mol. The van der Waals surface area contributed by atoms with Gasteiger partial charge in [0, 0.05) is 19.5 Å². The van der Waals surface area contributed by atoms with Crippen LogP contribution in [0.15, 0.2) is 63.8 Å². The largest absolute Gasteiger partial charge is 0.419 e. The van der Waals surface area contributed by atoms with E-state index in [1.54, 1.807) is 6.07 Å². The smallest absolute Gasteiger partial charge is 0.408 e. The van der Waals surface area contributed by atoms with Crippen molar-refractivity contribution in [2.24, 2.45) is 0 Å². The van der Waals surface area contributed by atoms with Crippen molar-refractivity contribution >= 4 is 17.0 Å². The third-order valence-corrected chi connectivity index (χ3v) is 4.91. The Labute approximate surface area is 157 Å². The zero-order valence-electron chi connectivity index (χ0n) is 15.2. The second-order valence-electron chi connectivity index (χ2n) is 6.88. The molecule has 2 heterocycles. The molecule has 27 heavy (non-hydrogen) atoms. The van der Waals surface area contributed by atoms with E-state index in [0.717, 1.165) is 5.56 Å². The number of hydrogen-bond donors (Lipinski definition) is 0. The molecular formula is C21H22N2O4. The number of rotatable bonds is 4. The zero-order chi connectivity index (χ0) is 18.8. The van der Waals surface area contributed by atoms with Gasteiger partial charge in [0.1, 0.15) is 6.10 Å². The first-order valence-electron chi connectivity index (χ1n) is 9.18. The topological polar surface area (TPSA) is 64.7 Å². The van der Waals surface area contributed by atoms with Crippen LogP contribution in [0.1, 0.15) is 25.0 Å². The summed E-state index contributed by atoms with van der Waals surface area (Å²) in [7, 11) is 0. The molecule has 1 aliphatic rings. The fraction of sp³-hybridized carbons (Fsp3) is 0.333. The van der Waals surface area contributed by atoms with E-state index in [-0.39, 0.29) is 24.5 Å². The van der Waals surface area contributed by atoms with Crippen LogP contribution >= 0.6 is 0 Å². The van der Waals surface area contributed by atoms with Crippen LogP contribution in [0.25, 0.3) is 11.1 Å². The lowest BCUT2D eigenvalue weighted by molar-refractivity contribution is -0.145. The Morgan fingerprint density at radius 3 is 2.63 bits per heavy atom. The van der Waals surface area contributed by atoms with Gasteiger partial charge in [-0.15, -0.1) is 0 Å². The van der Waals surface area contributed by atoms with Crippen molar-refractivity contribution in [3.8, 4) is 0 Å². The predicted molar refractivity (Wildman–Crippen MR) is 101 cm³/mol. The number of morpholine rings is 1. The fourth-order valence-electron chi connectivity index (χ4n) is 3.60. The van der Waals surface area contributed by atoms with Crippen LogP contribution in [0.3, 0.4) is 0 Å². The van der Waals surface area contributed by atoms with E-state index >= 15 is 0 Å². The van der Waals surface area contributed by atoms with E-state index in [2.05, 4.69) is 0 Å².